The lowest BCUT2D eigenvalue weighted by Gasteiger charge is -2.16. The van der Waals surface area contributed by atoms with Gasteiger partial charge in [-0.15, -0.1) is 0 Å². The first kappa shape index (κ1) is 19.3. The van der Waals surface area contributed by atoms with Crippen molar-refractivity contribution in [3.63, 3.8) is 0 Å². The van der Waals surface area contributed by atoms with Crippen molar-refractivity contribution in [2.24, 2.45) is 7.05 Å². The van der Waals surface area contributed by atoms with Gasteiger partial charge in [-0.25, -0.2) is 8.78 Å². The van der Waals surface area contributed by atoms with Crippen LogP contribution < -0.4 is 0 Å². The van der Waals surface area contributed by atoms with E-state index in [9.17, 15) is 13.9 Å². The Morgan fingerprint density at radius 2 is 1.79 bits per heavy atom. The molecule has 3 nitrogen and oxygen atoms in total. The number of hydrogen-bond donors (Lipinski definition) is 1. The fourth-order valence-corrected chi connectivity index (χ4v) is 3.67. The highest BCUT2D eigenvalue weighted by atomic mass is 35.5. The summed E-state index contributed by atoms with van der Waals surface area (Å²) in [6.07, 6.45) is 3.87. The zero-order chi connectivity index (χ0) is 20.5. The Kier molecular flexibility index (Phi) is 5.18. The van der Waals surface area contributed by atoms with E-state index in [4.69, 9.17) is 11.6 Å². The van der Waals surface area contributed by atoms with Crippen molar-refractivity contribution in [1.29, 1.82) is 0 Å². The molecule has 0 aliphatic rings. The van der Waals surface area contributed by atoms with E-state index in [1.54, 1.807) is 66.6 Å². The molecule has 0 aliphatic heterocycles. The van der Waals surface area contributed by atoms with Gasteiger partial charge in [0.2, 0.25) is 0 Å². The van der Waals surface area contributed by atoms with Crippen molar-refractivity contribution in [3.8, 4) is 22.4 Å². The first-order chi connectivity index (χ1) is 14.0. The van der Waals surface area contributed by atoms with Crippen molar-refractivity contribution in [2.75, 3.05) is 0 Å². The molecule has 0 spiro atoms. The van der Waals surface area contributed by atoms with E-state index < -0.39 is 11.9 Å². The molecule has 2 aromatic carbocycles. The number of aliphatic hydroxyl groups is 1. The van der Waals surface area contributed by atoms with Crippen LogP contribution in [0.2, 0.25) is 5.02 Å². The quantitative estimate of drug-likeness (QED) is 0.464. The van der Waals surface area contributed by atoms with Gasteiger partial charge in [-0.1, -0.05) is 17.7 Å². The number of benzene rings is 2. The second-order valence-electron chi connectivity index (χ2n) is 6.74. The normalized spacial score (nSPS) is 12.2. The Hall–Kier alpha value is -3.02. The van der Waals surface area contributed by atoms with Gasteiger partial charge in [0, 0.05) is 52.9 Å². The highest BCUT2D eigenvalue weighted by Gasteiger charge is 2.26. The summed E-state index contributed by atoms with van der Waals surface area (Å²) in [7, 11) is 1.80. The monoisotopic (exact) mass is 410 g/mol. The van der Waals surface area contributed by atoms with Crippen LogP contribution in [0.25, 0.3) is 22.4 Å². The molecular weight excluding hydrogens is 394 g/mol. The molecule has 0 amide bonds. The van der Waals surface area contributed by atoms with Gasteiger partial charge in [0.25, 0.3) is 0 Å². The molecule has 4 aromatic rings. The Balaban J connectivity index is 1.99. The zero-order valence-corrected chi connectivity index (χ0v) is 16.2. The molecule has 2 heterocycles. The second-order valence-corrected chi connectivity index (χ2v) is 7.17. The molecule has 29 heavy (non-hydrogen) atoms. The standard InChI is InChI=1S/C23H17ClF2N2O/c1-28-13-19(18-9-6-16(24)11-20(18)26)21(23(29)15-3-2-10-27-12-15)22(28)14-4-7-17(25)8-5-14/h2-13,23,29H,1H3. The van der Waals surface area contributed by atoms with E-state index >= 15 is 0 Å². The Bertz CT molecular complexity index is 1160. The summed E-state index contributed by atoms with van der Waals surface area (Å²) in [6, 6.07) is 13.9. The summed E-state index contributed by atoms with van der Waals surface area (Å²) in [4.78, 5) is 4.08. The number of rotatable bonds is 4. The van der Waals surface area contributed by atoms with Crippen LogP contribution in [0.5, 0.6) is 0 Å². The molecule has 0 aliphatic carbocycles. The van der Waals surface area contributed by atoms with Crippen LogP contribution in [0, 0.1) is 11.6 Å². The first-order valence-electron chi connectivity index (χ1n) is 8.94. The van der Waals surface area contributed by atoms with Crippen molar-refractivity contribution in [1.82, 2.24) is 9.55 Å². The molecular formula is C23H17ClF2N2O. The molecule has 0 fully saturated rings. The van der Waals surface area contributed by atoms with Gasteiger partial charge in [0.15, 0.2) is 0 Å². The highest BCUT2D eigenvalue weighted by Crippen LogP contribution is 2.41. The minimum atomic E-state index is -1.06. The van der Waals surface area contributed by atoms with Crippen LogP contribution in [0.15, 0.2) is 73.2 Å². The molecule has 0 saturated heterocycles. The molecule has 0 saturated carbocycles. The third-order valence-corrected chi connectivity index (χ3v) is 5.07. The third kappa shape index (κ3) is 3.67. The molecule has 1 atom stereocenters. The van der Waals surface area contributed by atoms with Crippen molar-refractivity contribution < 1.29 is 13.9 Å². The van der Waals surface area contributed by atoms with E-state index in [1.165, 1.54) is 18.2 Å². The highest BCUT2D eigenvalue weighted by molar-refractivity contribution is 6.30. The molecule has 1 unspecified atom stereocenters. The van der Waals surface area contributed by atoms with Gasteiger partial charge in [-0.05, 0) is 54.1 Å². The van der Waals surface area contributed by atoms with Crippen molar-refractivity contribution in [3.05, 3.63) is 101 Å². The number of pyridine rings is 1. The van der Waals surface area contributed by atoms with E-state index in [0.717, 1.165) is 0 Å². The minimum absolute atomic E-state index is 0.287. The van der Waals surface area contributed by atoms with Crippen LogP contribution in [0.4, 0.5) is 8.78 Å². The van der Waals surface area contributed by atoms with Crippen LogP contribution in [-0.2, 0) is 7.05 Å². The van der Waals surface area contributed by atoms with Gasteiger partial charge in [0.1, 0.15) is 17.7 Å². The lowest BCUT2D eigenvalue weighted by molar-refractivity contribution is 0.221. The molecule has 6 heteroatoms. The maximum atomic E-state index is 14.7. The Morgan fingerprint density at radius 3 is 2.45 bits per heavy atom. The van der Waals surface area contributed by atoms with Gasteiger partial charge >= 0.3 is 0 Å². The molecule has 4 rings (SSSR count). The molecule has 2 aromatic heterocycles. The SMILES string of the molecule is Cn1cc(-c2ccc(Cl)cc2F)c(C(O)c2cccnc2)c1-c1ccc(F)cc1. The summed E-state index contributed by atoms with van der Waals surface area (Å²) in [5.74, 6) is -0.852. The summed E-state index contributed by atoms with van der Waals surface area (Å²) < 4.78 is 30.0. The van der Waals surface area contributed by atoms with Crippen molar-refractivity contribution >= 4 is 11.6 Å². The van der Waals surface area contributed by atoms with Crippen LogP contribution in [0.3, 0.4) is 0 Å². The van der Waals surface area contributed by atoms with Gasteiger partial charge in [-0.3, -0.25) is 4.98 Å². The average Bonchev–Trinajstić information content (AvgIpc) is 3.05. The zero-order valence-electron chi connectivity index (χ0n) is 15.5. The number of hydrogen-bond acceptors (Lipinski definition) is 2. The smallest absolute Gasteiger partial charge is 0.132 e. The summed E-state index contributed by atoms with van der Waals surface area (Å²) >= 11 is 5.91. The molecule has 146 valence electrons. The maximum Gasteiger partial charge on any atom is 0.132 e. The van der Waals surface area contributed by atoms with E-state index in [2.05, 4.69) is 4.98 Å². The number of aliphatic hydroxyl groups excluding tert-OH is 1. The van der Waals surface area contributed by atoms with Gasteiger partial charge in [-0.2, -0.15) is 0 Å². The predicted octanol–water partition coefficient (Wildman–Crippen LogP) is 5.77. The predicted molar refractivity (Wildman–Crippen MR) is 110 cm³/mol. The summed E-state index contributed by atoms with van der Waals surface area (Å²) in [5, 5.41) is 11.5. The molecule has 1 N–H and O–H groups in total. The molecule has 0 bridgehead atoms. The van der Waals surface area contributed by atoms with Gasteiger partial charge < -0.3 is 9.67 Å². The van der Waals surface area contributed by atoms with Crippen molar-refractivity contribution in [2.45, 2.75) is 6.10 Å². The van der Waals surface area contributed by atoms with Crippen LogP contribution in [0.1, 0.15) is 17.2 Å². The Labute approximate surface area is 171 Å². The number of aromatic nitrogens is 2. The lowest BCUT2D eigenvalue weighted by Crippen LogP contribution is -2.04. The topological polar surface area (TPSA) is 38.0 Å². The lowest BCUT2D eigenvalue weighted by atomic mass is 9.93. The first-order valence-corrected chi connectivity index (χ1v) is 9.32. The van der Waals surface area contributed by atoms with Crippen LogP contribution >= 0.6 is 11.6 Å². The molecule has 0 radical (unpaired) electrons. The minimum Gasteiger partial charge on any atom is -0.383 e. The van der Waals surface area contributed by atoms with E-state index in [1.807, 2.05) is 0 Å². The second kappa shape index (κ2) is 7.78. The Morgan fingerprint density at radius 1 is 1.03 bits per heavy atom. The third-order valence-electron chi connectivity index (χ3n) is 4.83. The number of nitrogens with zero attached hydrogens (tertiary/aromatic N) is 2. The number of aryl methyl sites for hydroxylation is 1. The average molecular weight is 411 g/mol. The largest absolute Gasteiger partial charge is 0.383 e. The van der Waals surface area contributed by atoms with E-state index in [-0.39, 0.29) is 10.8 Å². The summed E-state index contributed by atoms with van der Waals surface area (Å²) in [5.41, 5.74) is 3.28. The number of halogens is 3. The van der Waals surface area contributed by atoms with Crippen LogP contribution in [-0.4, -0.2) is 14.7 Å². The maximum absolute atomic E-state index is 14.7. The fraction of sp³-hybridized carbons (Fsp3) is 0.0870. The fourth-order valence-electron chi connectivity index (χ4n) is 3.52. The van der Waals surface area contributed by atoms with Gasteiger partial charge in [0.05, 0.1) is 5.69 Å². The summed E-state index contributed by atoms with van der Waals surface area (Å²) in [6.45, 7) is 0. The van der Waals surface area contributed by atoms with E-state index in [0.29, 0.717) is 33.5 Å².